The highest BCUT2D eigenvalue weighted by Gasteiger charge is 2.36. The van der Waals surface area contributed by atoms with E-state index < -0.39 is 24.3 Å². The van der Waals surface area contributed by atoms with Gasteiger partial charge in [0.25, 0.3) is 11.8 Å². The number of carbonyl (C=O) groups is 3. The molecule has 0 spiro atoms. The molecule has 25 heavy (non-hydrogen) atoms. The Labute approximate surface area is 143 Å². The first-order valence-corrected chi connectivity index (χ1v) is 7.42. The molecule has 0 atom stereocenters. The van der Waals surface area contributed by atoms with E-state index in [0.717, 1.165) is 4.90 Å². The third-order valence-corrected chi connectivity index (χ3v) is 3.72. The third-order valence-electron chi connectivity index (χ3n) is 3.72. The summed E-state index contributed by atoms with van der Waals surface area (Å²) in [6.07, 6.45) is 0. The Balaban J connectivity index is 1.74. The number of ether oxygens (including phenoxy) is 3. The van der Waals surface area contributed by atoms with Crippen LogP contribution in [0.2, 0.25) is 0 Å². The topological polar surface area (TPSA) is 82.1 Å². The van der Waals surface area contributed by atoms with E-state index in [-0.39, 0.29) is 16.9 Å². The average Bonchev–Trinajstić information content (AvgIpc) is 2.86. The predicted molar refractivity (Wildman–Crippen MR) is 87.0 cm³/mol. The van der Waals surface area contributed by atoms with Crippen LogP contribution in [0.5, 0.6) is 17.2 Å². The minimum Gasteiger partial charge on any atom is -0.496 e. The molecule has 0 unspecified atom stereocenters. The summed E-state index contributed by atoms with van der Waals surface area (Å²) in [5.41, 5.74) is 0.562. The van der Waals surface area contributed by atoms with Crippen molar-refractivity contribution in [3.8, 4) is 17.2 Å². The maximum atomic E-state index is 12.3. The lowest BCUT2D eigenvalue weighted by molar-refractivity contribution is -0.134. The van der Waals surface area contributed by atoms with Crippen LogP contribution in [0, 0.1) is 0 Å². The molecule has 1 heterocycles. The third kappa shape index (κ3) is 3.16. The van der Waals surface area contributed by atoms with Gasteiger partial charge in [-0.15, -0.1) is 0 Å². The quantitative estimate of drug-likeness (QED) is 0.469. The molecule has 2 amide bonds. The summed E-state index contributed by atoms with van der Waals surface area (Å²) in [5, 5.41) is 0. The molecule has 0 fully saturated rings. The van der Waals surface area contributed by atoms with Gasteiger partial charge in [0.15, 0.2) is 0 Å². The van der Waals surface area contributed by atoms with Crippen molar-refractivity contribution >= 4 is 17.8 Å². The molecule has 2 aromatic rings. The predicted octanol–water partition coefficient (Wildman–Crippen LogP) is 1.91. The van der Waals surface area contributed by atoms with Crippen molar-refractivity contribution in [3.63, 3.8) is 0 Å². The van der Waals surface area contributed by atoms with E-state index in [1.54, 1.807) is 30.3 Å². The first kappa shape index (κ1) is 16.5. The van der Waals surface area contributed by atoms with Gasteiger partial charge in [0.05, 0.1) is 25.3 Å². The molecular formula is C18H15NO6. The highest BCUT2D eigenvalue weighted by atomic mass is 16.5. The number of hydrogen-bond acceptors (Lipinski definition) is 6. The molecule has 1 aliphatic heterocycles. The van der Waals surface area contributed by atoms with Crippen LogP contribution in [0.3, 0.4) is 0 Å². The van der Waals surface area contributed by atoms with Crippen LogP contribution < -0.4 is 14.2 Å². The number of nitrogens with zero attached hydrogens (tertiary/aromatic N) is 1. The van der Waals surface area contributed by atoms with E-state index in [2.05, 4.69) is 0 Å². The zero-order valence-corrected chi connectivity index (χ0v) is 13.6. The molecular weight excluding hydrogens is 326 g/mol. The maximum Gasteiger partial charge on any atom is 0.331 e. The van der Waals surface area contributed by atoms with Crippen LogP contribution in [0.4, 0.5) is 0 Å². The standard InChI is InChI=1S/C18H15NO6/c1-23-11-7-12(24-2)9-13(8-11)25-16(20)10-19-17(21)14-5-3-4-6-15(14)18(19)22/h3-9H,10H2,1-2H3. The van der Waals surface area contributed by atoms with Gasteiger partial charge < -0.3 is 14.2 Å². The molecule has 0 bridgehead atoms. The summed E-state index contributed by atoms with van der Waals surface area (Å²) in [7, 11) is 2.94. The van der Waals surface area contributed by atoms with Crippen LogP contribution in [0.1, 0.15) is 20.7 Å². The van der Waals surface area contributed by atoms with Gasteiger partial charge in [0, 0.05) is 18.2 Å². The van der Waals surface area contributed by atoms with Crippen molar-refractivity contribution in [1.29, 1.82) is 0 Å². The van der Waals surface area contributed by atoms with E-state index >= 15 is 0 Å². The van der Waals surface area contributed by atoms with E-state index in [9.17, 15) is 14.4 Å². The molecule has 3 rings (SSSR count). The Hall–Kier alpha value is -3.35. The molecule has 7 heteroatoms. The highest BCUT2D eigenvalue weighted by molar-refractivity contribution is 6.22. The molecule has 0 saturated carbocycles. The van der Waals surface area contributed by atoms with Crippen molar-refractivity contribution in [2.24, 2.45) is 0 Å². The van der Waals surface area contributed by atoms with Gasteiger partial charge in [-0.25, -0.2) is 4.79 Å². The Morgan fingerprint density at radius 3 is 1.84 bits per heavy atom. The summed E-state index contributed by atoms with van der Waals surface area (Å²) in [6.45, 7) is -0.480. The fourth-order valence-electron chi connectivity index (χ4n) is 2.52. The van der Waals surface area contributed by atoms with Crippen molar-refractivity contribution < 1.29 is 28.6 Å². The molecule has 1 aliphatic rings. The number of amides is 2. The fraction of sp³-hybridized carbons (Fsp3) is 0.167. The number of benzene rings is 2. The molecule has 128 valence electrons. The zero-order valence-electron chi connectivity index (χ0n) is 13.6. The molecule has 0 N–H and O–H groups in total. The average molecular weight is 341 g/mol. The van der Waals surface area contributed by atoms with Crippen molar-refractivity contribution in [1.82, 2.24) is 4.90 Å². The number of carbonyl (C=O) groups excluding carboxylic acids is 3. The summed E-state index contributed by atoms with van der Waals surface area (Å²) in [6, 6.07) is 11.1. The lowest BCUT2D eigenvalue weighted by atomic mass is 10.1. The minimum atomic E-state index is -0.746. The number of methoxy groups -OCH3 is 2. The number of esters is 1. The summed E-state index contributed by atoms with van der Waals surface area (Å²) >= 11 is 0. The van der Waals surface area contributed by atoms with E-state index in [4.69, 9.17) is 14.2 Å². The van der Waals surface area contributed by atoms with Gasteiger partial charge in [-0.3, -0.25) is 14.5 Å². The smallest absolute Gasteiger partial charge is 0.331 e. The molecule has 0 aromatic heterocycles. The number of fused-ring (bicyclic) bond motifs is 1. The first-order valence-electron chi connectivity index (χ1n) is 7.42. The number of rotatable bonds is 5. The SMILES string of the molecule is COc1cc(OC)cc(OC(=O)CN2C(=O)c3ccccc3C2=O)c1. The van der Waals surface area contributed by atoms with Crippen LogP contribution in [0.15, 0.2) is 42.5 Å². The number of hydrogen-bond donors (Lipinski definition) is 0. The van der Waals surface area contributed by atoms with Gasteiger partial charge in [0.1, 0.15) is 23.8 Å². The summed E-state index contributed by atoms with van der Waals surface area (Å²) in [5.74, 6) is -0.685. The Morgan fingerprint density at radius 1 is 0.880 bits per heavy atom. The monoisotopic (exact) mass is 341 g/mol. The normalized spacial score (nSPS) is 12.8. The second-order valence-corrected chi connectivity index (χ2v) is 5.26. The van der Waals surface area contributed by atoms with E-state index in [1.165, 1.54) is 26.4 Å². The maximum absolute atomic E-state index is 12.3. The van der Waals surface area contributed by atoms with Crippen molar-refractivity contribution in [3.05, 3.63) is 53.6 Å². The molecule has 0 aliphatic carbocycles. The molecule has 2 aromatic carbocycles. The van der Waals surface area contributed by atoms with Gasteiger partial charge in [-0.1, -0.05) is 12.1 Å². The van der Waals surface area contributed by atoms with Gasteiger partial charge in [-0.05, 0) is 12.1 Å². The van der Waals surface area contributed by atoms with Crippen molar-refractivity contribution in [2.45, 2.75) is 0 Å². The molecule has 7 nitrogen and oxygen atoms in total. The van der Waals surface area contributed by atoms with Gasteiger partial charge in [0.2, 0.25) is 0 Å². The van der Waals surface area contributed by atoms with Crippen LogP contribution >= 0.6 is 0 Å². The number of imide groups is 1. The van der Waals surface area contributed by atoms with Crippen LogP contribution in [0.25, 0.3) is 0 Å². The summed E-state index contributed by atoms with van der Waals surface area (Å²) in [4.78, 5) is 37.5. The van der Waals surface area contributed by atoms with E-state index in [1.807, 2.05) is 0 Å². The van der Waals surface area contributed by atoms with E-state index in [0.29, 0.717) is 11.5 Å². The molecule has 0 radical (unpaired) electrons. The van der Waals surface area contributed by atoms with Crippen LogP contribution in [-0.2, 0) is 4.79 Å². The largest absolute Gasteiger partial charge is 0.496 e. The first-order chi connectivity index (χ1) is 12.0. The Bertz CT molecular complexity index is 803. The Kier molecular flexibility index (Phi) is 4.38. The van der Waals surface area contributed by atoms with Crippen LogP contribution in [-0.4, -0.2) is 43.4 Å². The second-order valence-electron chi connectivity index (χ2n) is 5.26. The zero-order chi connectivity index (χ0) is 18.0. The summed E-state index contributed by atoms with van der Waals surface area (Å²) < 4.78 is 15.4. The van der Waals surface area contributed by atoms with Gasteiger partial charge in [-0.2, -0.15) is 0 Å². The Morgan fingerprint density at radius 2 is 1.36 bits per heavy atom. The molecule has 0 saturated heterocycles. The highest BCUT2D eigenvalue weighted by Crippen LogP contribution is 2.28. The lowest BCUT2D eigenvalue weighted by Crippen LogP contribution is -2.36. The fourth-order valence-corrected chi connectivity index (χ4v) is 2.52. The van der Waals surface area contributed by atoms with Crippen molar-refractivity contribution in [2.75, 3.05) is 20.8 Å². The minimum absolute atomic E-state index is 0.192. The lowest BCUT2D eigenvalue weighted by Gasteiger charge is -2.13. The second kappa shape index (κ2) is 6.64. The van der Waals surface area contributed by atoms with Gasteiger partial charge >= 0.3 is 5.97 Å².